The molecule has 33 heavy (non-hydrogen) atoms. The smallest absolute Gasteiger partial charge is 0.238 e. The van der Waals surface area contributed by atoms with Crippen LogP contribution in [0.5, 0.6) is 0 Å². The zero-order valence-corrected chi connectivity index (χ0v) is 20.0. The highest BCUT2D eigenvalue weighted by Crippen LogP contribution is 2.23. The summed E-state index contributed by atoms with van der Waals surface area (Å²) >= 11 is 0. The fourth-order valence-corrected chi connectivity index (χ4v) is 4.83. The quantitative estimate of drug-likeness (QED) is 0.509. The number of piperazine rings is 1. The van der Waals surface area contributed by atoms with Crippen LogP contribution in [-0.2, 0) is 23.1 Å². The van der Waals surface area contributed by atoms with Gasteiger partial charge in [0.1, 0.15) is 5.82 Å². The largest absolute Gasteiger partial charge is 0.369 e. The van der Waals surface area contributed by atoms with Crippen LogP contribution in [0.1, 0.15) is 42.9 Å². The van der Waals surface area contributed by atoms with Gasteiger partial charge in [-0.3, -0.25) is 9.69 Å². The van der Waals surface area contributed by atoms with Crippen molar-refractivity contribution in [2.75, 3.05) is 31.1 Å². The number of primary sulfonamides is 1. The highest BCUT2D eigenvalue weighted by atomic mass is 32.2. The van der Waals surface area contributed by atoms with Gasteiger partial charge in [-0.25, -0.2) is 18.5 Å². The summed E-state index contributed by atoms with van der Waals surface area (Å²) in [6, 6.07) is 12.7. The topological polar surface area (TPSA) is 102 Å². The van der Waals surface area contributed by atoms with E-state index >= 15 is 0 Å². The number of nitrogens with two attached hydrogens (primary N) is 1. The summed E-state index contributed by atoms with van der Waals surface area (Å²) in [5.74, 6) is 1.03. The molecule has 0 bridgehead atoms. The Morgan fingerprint density at radius 1 is 1.06 bits per heavy atom. The van der Waals surface area contributed by atoms with Gasteiger partial charge in [-0.15, -0.1) is 0 Å². The van der Waals surface area contributed by atoms with E-state index in [0.717, 1.165) is 68.2 Å². The third kappa shape index (κ3) is 5.26. The Kier molecular flexibility index (Phi) is 6.83. The third-order valence-electron chi connectivity index (χ3n) is 6.24. The zero-order valence-electron chi connectivity index (χ0n) is 19.2. The number of anilines is 1. The standard InChI is InChI=1S/C24H31N5O3S/c1-3-4-11-29-23-10-9-21(33(25,31)32)16-22(23)26-24(29)17-27-12-14-28(15-13-27)20-7-5-19(6-8-20)18(2)30/h5-10,16H,3-4,11-15,17H2,1-2H3,(H2,25,31,32). The SMILES string of the molecule is CCCCn1c(CN2CCN(c3ccc(C(C)=O)cc3)CC2)nc2cc(S(N)(=O)=O)ccc21. The molecule has 0 spiro atoms. The van der Waals surface area contributed by atoms with Crippen LogP contribution in [-0.4, -0.2) is 54.8 Å². The molecule has 1 aliphatic heterocycles. The van der Waals surface area contributed by atoms with Crippen molar-refractivity contribution in [3.8, 4) is 0 Å². The average Bonchev–Trinajstić information content (AvgIpc) is 3.13. The molecule has 1 aromatic heterocycles. The number of nitrogens with zero attached hydrogens (tertiary/aromatic N) is 4. The maximum atomic E-state index is 11.8. The second kappa shape index (κ2) is 9.62. The molecule has 1 saturated heterocycles. The molecule has 2 aromatic carbocycles. The van der Waals surface area contributed by atoms with Crippen LogP contribution >= 0.6 is 0 Å². The second-order valence-electron chi connectivity index (χ2n) is 8.60. The number of Topliss-reactive ketones (excluding diaryl/α,β-unsaturated/α-hetero) is 1. The van der Waals surface area contributed by atoms with Gasteiger partial charge < -0.3 is 9.47 Å². The molecule has 0 radical (unpaired) electrons. The van der Waals surface area contributed by atoms with E-state index in [2.05, 4.69) is 21.3 Å². The molecule has 2 heterocycles. The molecule has 3 aromatic rings. The van der Waals surface area contributed by atoms with Gasteiger partial charge >= 0.3 is 0 Å². The number of imidazole rings is 1. The molecule has 4 rings (SSSR count). The molecule has 8 nitrogen and oxygen atoms in total. The number of aromatic nitrogens is 2. The molecule has 9 heteroatoms. The second-order valence-corrected chi connectivity index (χ2v) is 10.2. The number of unbranched alkanes of at least 4 members (excludes halogenated alkanes) is 1. The van der Waals surface area contributed by atoms with E-state index in [4.69, 9.17) is 10.1 Å². The van der Waals surface area contributed by atoms with Crippen molar-refractivity contribution in [1.82, 2.24) is 14.5 Å². The Hall–Kier alpha value is -2.75. The fraction of sp³-hybridized carbons (Fsp3) is 0.417. The Bertz CT molecular complexity index is 1240. The van der Waals surface area contributed by atoms with Gasteiger partial charge in [0, 0.05) is 44.0 Å². The molecule has 0 amide bonds. The van der Waals surface area contributed by atoms with Crippen LogP contribution in [0.4, 0.5) is 5.69 Å². The molecule has 0 aliphatic carbocycles. The number of ketones is 1. The highest BCUT2D eigenvalue weighted by Gasteiger charge is 2.21. The molecule has 0 saturated carbocycles. The minimum atomic E-state index is -3.77. The number of carbonyl (C=O) groups is 1. The Labute approximate surface area is 195 Å². The van der Waals surface area contributed by atoms with Crippen molar-refractivity contribution < 1.29 is 13.2 Å². The Morgan fingerprint density at radius 3 is 2.36 bits per heavy atom. The molecular formula is C24H31N5O3S. The lowest BCUT2D eigenvalue weighted by Crippen LogP contribution is -2.46. The minimum Gasteiger partial charge on any atom is -0.369 e. The fourth-order valence-electron chi connectivity index (χ4n) is 4.29. The Morgan fingerprint density at radius 2 is 1.76 bits per heavy atom. The van der Waals surface area contributed by atoms with Gasteiger partial charge in [0.25, 0.3) is 0 Å². The van der Waals surface area contributed by atoms with Gasteiger partial charge in [-0.05, 0) is 55.8 Å². The molecule has 2 N–H and O–H groups in total. The van der Waals surface area contributed by atoms with Gasteiger partial charge in [-0.2, -0.15) is 0 Å². The average molecular weight is 470 g/mol. The van der Waals surface area contributed by atoms with Crippen molar-refractivity contribution in [1.29, 1.82) is 0 Å². The number of hydrogen-bond donors (Lipinski definition) is 1. The third-order valence-corrected chi connectivity index (χ3v) is 7.15. The summed E-state index contributed by atoms with van der Waals surface area (Å²) in [6.45, 7) is 8.87. The summed E-state index contributed by atoms with van der Waals surface area (Å²) in [6.07, 6.45) is 2.09. The summed E-state index contributed by atoms with van der Waals surface area (Å²) in [4.78, 5) is 21.1. The van der Waals surface area contributed by atoms with E-state index < -0.39 is 10.0 Å². The molecular weight excluding hydrogens is 438 g/mol. The predicted octanol–water partition coefficient (Wildman–Crippen LogP) is 3.01. The van der Waals surface area contributed by atoms with Crippen LogP contribution in [0.2, 0.25) is 0 Å². The summed E-state index contributed by atoms with van der Waals surface area (Å²) in [5.41, 5.74) is 3.46. The maximum absolute atomic E-state index is 11.8. The van der Waals surface area contributed by atoms with Gasteiger partial charge in [0.05, 0.1) is 22.5 Å². The predicted molar refractivity (Wildman–Crippen MR) is 130 cm³/mol. The highest BCUT2D eigenvalue weighted by molar-refractivity contribution is 7.89. The summed E-state index contributed by atoms with van der Waals surface area (Å²) in [7, 11) is -3.77. The lowest BCUT2D eigenvalue weighted by molar-refractivity contribution is 0.101. The van der Waals surface area contributed by atoms with Crippen molar-refractivity contribution in [2.45, 2.75) is 44.7 Å². The van der Waals surface area contributed by atoms with Crippen molar-refractivity contribution in [2.24, 2.45) is 5.14 Å². The van der Waals surface area contributed by atoms with Crippen molar-refractivity contribution in [3.63, 3.8) is 0 Å². The van der Waals surface area contributed by atoms with Gasteiger partial charge in [0.2, 0.25) is 10.0 Å². The molecule has 1 aliphatic rings. The normalized spacial score (nSPS) is 15.3. The Balaban J connectivity index is 1.49. The monoisotopic (exact) mass is 469 g/mol. The van der Waals surface area contributed by atoms with Crippen molar-refractivity contribution in [3.05, 3.63) is 53.9 Å². The summed E-state index contributed by atoms with van der Waals surface area (Å²) in [5, 5.41) is 5.31. The minimum absolute atomic E-state index is 0.0773. The number of aryl methyl sites for hydroxylation is 1. The van der Waals surface area contributed by atoms with Gasteiger partial charge in [-0.1, -0.05) is 13.3 Å². The first-order valence-corrected chi connectivity index (χ1v) is 12.9. The molecule has 0 atom stereocenters. The number of benzene rings is 2. The molecule has 176 valence electrons. The van der Waals surface area contributed by atoms with E-state index in [-0.39, 0.29) is 10.7 Å². The number of fused-ring (bicyclic) bond motifs is 1. The zero-order chi connectivity index (χ0) is 23.6. The van der Waals surface area contributed by atoms with E-state index in [1.165, 1.54) is 0 Å². The van der Waals surface area contributed by atoms with E-state index in [1.807, 2.05) is 30.3 Å². The van der Waals surface area contributed by atoms with Gasteiger partial charge in [0.15, 0.2) is 5.78 Å². The lowest BCUT2D eigenvalue weighted by Gasteiger charge is -2.36. The number of hydrogen-bond acceptors (Lipinski definition) is 6. The van der Waals surface area contributed by atoms with Crippen LogP contribution in [0.3, 0.4) is 0 Å². The van der Waals surface area contributed by atoms with Crippen LogP contribution < -0.4 is 10.0 Å². The molecule has 0 unspecified atom stereocenters. The van der Waals surface area contributed by atoms with E-state index in [9.17, 15) is 13.2 Å². The number of rotatable bonds is 8. The number of sulfonamides is 1. The van der Waals surface area contributed by atoms with E-state index in [0.29, 0.717) is 12.1 Å². The first-order chi connectivity index (χ1) is 15.8. The maximum Gasteiger partial charge on any atom is 0.238 e. The van der Waals surface area contributed by atoms with Crippen LogP contribution in [0, 0.1) is 0 Å². The van der Waals surface area contributed by atoms with Crippen LogP contribution in [0.15, 0.2) is 47.4 Å². The lowest BCUT2D eigenvalue weighted by atomic mass is 10.1. The summed E-state index contributed by atoms with van der Waals surface area (Å²) < 4.78 is 25.7. The first kappa shape index (κ1) is 23.4. The van der Waals surface area contributed by atoms with E-state index in [1.54, 1.807) is 19.1 Å². The molecule has 1 fully saturated rings. The number of carbonyl (C=O) groups excluding carboxylic acids is 1. The van der Waals surface area contributed by atoms with Crippen LogP contribution in [0.25, 0.3) is 11.0 Å². The first-order valence-electron chi connectivity index (χ1n) is 11.4. The van der Waals surface area contributed by atoms with Crippen molar-refractivity contribution >= 4 is 32.5 Å².